The molecule has 0 spiro atoms. The maximum atomic E-state index is 12.4. The van der Waals surface area contributed by atoms with Crippen molar-refractivity contribution in [3.8, 4) is 0 Å². The van der Waals surface area contributed by atoms with Crippen LogP contribution >= 0.6 is 23.1 Å². The number of nitrogen functional groups attached to an aromatic ring is 1. The van der Waals surface area contributed by atoms with E-state index in [1.807, 2.05) is 6.92 Å². The number of ketones is 1. The van der Waals surface area contributed by atoms with Crippen molar-refractivity contribution >= 4 is 39.8 Å². The third-order valence-electron chi connectivity index (χ3n) is 3.63. The molecule has 25 heavy (non-hydrogen) atoms. The van der Waals surface area contributed by atoms with Gasteiger partial charge in [0.25, 0.3) is 5.56 Å². The molecule has 1 aliphatic carbocycles. The van der Waals surface area contributed by atoms with E-state index >= 15 is 0 Å². The molecule has 2 aromatic rings. The molecule has 0 saturated heterocycles. The molecule has 0 atom stereocenters. The summed E-state index contributed by atoms with van der Waals surface area (Å²) in [6.45, 7) is 2.85. The molecule has 0 radical (unpaired) electrons. The van der Waals surface area contributed by atoms with Gasteiger partial charge in [-0.1, -0.05) is 30.0 Å². The van der Waals surface area contributed by atoms with E-state index in [0.29, 0.717) is 9.47 Å². The Morgan fingerprint density at radius 2 is 2.20 bits per heavy atom. The first-order valence-electron chi connectivity index (χ1n) is 7.89. The smallest absolute Gasteiger partial charge is 0.330 e. The summed E-state index contributed by atoms with van der Waals surface area (Å²) >= 11 is 2.53. The minimum atomic E-state index is -0.743. The Bertz CT molecular complexity index is 899. The highest BCUT2D eigenvalue weighted by molar-refractivity contribution is 8.01. The van der Waals surface area contributed by atoms with Crippen molar-refractivity contribution in [1.29, 1.82) is 0 Å². The zero-order chi connectivity index (χ0) is 18.0. The van der Waals surface area contributed by atoms with Crippen LogP contribution in [0.4, 0.5) is 10.9 Å². The molecule has 134 valence electrons. The number of carbonyl (C=O) groups is 1. The van der Waals surface area contributed by atoms with Gasteiger partial charge in [-0.15, -0.1) is 10.2 Å². The molecule has 2 aromatic heterocycles. The Morgan fingerprint density at radius 1 is 1.44 bits per heavy atom. The van der Waals surface area contributed by atoms with Crippen molar-refractivity contribution in [3.05, 3.63) is 26.4 Å². The maximum Gasteiger partial charge on any atom is 0.330 e. The second-order valence-corrected chi connectivity index (χ2v) is 7.83. The highest BCUT2D eigenvalue weighted by Gasteiger charge is 2.30. The Hall–Kier alpha value is -2.14. The maximum absolute atomic E-state index is 12.4. The lowest BCUT2D eigenvalue weighted by atomic mass is 10.2. The number of anilines is 2. The number of H-pyrrole nitrogens is 1. The number of nitrogens with zero attached hydrogens (tertiary/aromatic N) is 3. The number of nitrogens with one attached hydrogen (secondary N) is 2. The fourth-order valence-electron chi connectivity index (χ4n) is 2.30. The van der Waals surface area contributed by atoms with Gasteiger partial charge >= 0.3 is 5.69 Å². The highest BCUT2D eigenvalue weighted by atomic mass is 32.2. The summed E-state index contributed by atoms with van der Waals surface area (Å²) in [5, 5.41) is 11.8. The van der Waals surface area contributed by atoms with Crippen LogP contribution in [0.2, 0.25) is 0 Å². The van der Waals surface area contributed by atoms with Crippen molar-refractivity contribution in [2.45, 2.75) is 36.6 Å². The Morgan fingerprint density at radius 3 is 2.88 bits per heavy atom. The summed E-state index contributed by atoms with van der Waals surface area (Å²) in [6, 6.07) is -0.0288. The van der Waals surface area contributed by atoms with Crippen LogP contribution in [0.5, 0.6) is 0 Å². The van der Waals surface area contributed by atoms with Crippen LogP contribution in [0.15, 0.2) is 13.9 Å². The number of aromatic amines is 1. The largest absolute Gasteiger partial charge is 0.384 e. The molecule has 1 aliphatic rings. The van der Waals surface area contributed by atoms with Gasteiger partial charge in [0.2, 0.25) is 5.13 Å². The summed E-state index contributed by atoms with van der Waals surface area (Å²) in [5.74, 6) is -0.487. The average molecular weight is 382 g/mol. The number of nitrogens with two attached hydrogens (primary N) is 1. The van der Waals surface area contributed by atoms with E-state index in [0.717, 1.165) is 25.8 Å². The molecule has 0 aromatic carbocycles. The van der Waals surface area contributed by atoms with E-state index < -0.39 is 17.0 Å². The lowest BCUT2D eigenvalue weighted by molar-refractivity contribution is 0.102. The van der Waals surface area contributed by atoms with Gasteiger partial charge in [0, 0.05) is 12.6 Å². The van der Waals surface area contributed by atoms with Crippen LogP contribution in [0.1, 0.15) is 42.6 Å². The quantitative estimate of drug-likeness (QED) is 0.456. The zero-order valence-corrected chi connectivity index (χ0v) is 15.2. The monoisotopic (exact) mass is 382 g/mol. The van der Waals surface area contributed by atoms with Crippen LogP contribution in [0.25, 0.3) is 0 Å². The molecule has 1 fully saturated rings. The predicted octanol–water partition coefficient (Wildman–Crippen LogP) is 1.10. The summed E-state index contributed by atoms with van der Waals surface area (Å²) in [5.41, 5.74) is 4.47. The van der Waals surface area contributed by atoms with Gasteiger partial charge in [0.1, 0.15) is 11.4 Å². The Kier molecular flexibility index (Phi) is 5.23. The molecule has 1 saturated carbocycles. The van der Waals surface area contributed by atoms with Crippen molar-refractivity contribution in [1.82, 2.24) is 19.7 Å². The Labute approximate surface area is 151 Å². The van der Waals surface area contributed by atoms with E-state index in [-0.39, 0.29) is 23.2 Å². The van der Waals surface area contributed by atoms with Gasteiger partial charge in [-0.25, -0.2) is 4.79 Å². The molecular weight excluding hydrogens is 364 g/mol. The first-order valence-corrected chi connectivity index (χ1v) is 9.69. The second-order valence-electron chi connectivity index (χ2n) is 5.63. The number of hydrogen-bond donors (Lipinski definition) is 3. The highest BCUT2D eigenvalue weighted by Crippen LogP contribution is 2.35. The summed E-state index contributed by atoms with van der Waals surface area (Å²) in [4.78, 5) is 38.5. The number of thioether (sulfide) groups is 1. The van der Waals surface area contributed by atoms with Crippen molar-refractivity contribution in [2.24, 2.45) is 0 Å². The van der Waals surface area contributed by atoms with Crippen LogP contribution in [-0.2, 0) is 0 Å². The molecule has 0 aliphatic heterocycles. The van der Waals surface area contributed by atoms with Crippen molar-refractivity contribution in [3.63, 3.8) is 0 Å². The minimum Gasteiger partial charge on any atom is -0.384 e. The fourth-order valence-corrected chi connectivity index (χ4v) is 3.95. The predicted molar refractivity (Wildman–Crippen MR) is 97.8 cm³/mol. The van der Waals surface area contributed by atoms with Crippen LogP contribution in [-0.4, -0.2) is 37.8 Å². The van der Waals surface area contributed by atoms with Gasteiger partial charge in [0.05, 0.1) is 5.75 Å². The van der Waals surface area contributed by atoms with E-state index in [9.17, 15) is 14.4 Å². The lowest BCUT2D eigenvalue weighted by Crippen LogP contribution is -2.36. The van der Waals surface area contributed by atoms with Crippen LogP contribution in [0.3, 0.4) is 0 Å². The minimum absolute atomic E-state index is 0.00143. The van der Waals surface area contributed by atoms with E-state index in [4.69, 9.17) is 5.73 Å². The van der Waals surface area contributed by atoms with Crippen LogP contribution < -0.4 is 22.3 Å². The normalized spacial score (nSPS) is 13.8. The molecular formula is C14H18N6O3S2. The van der Waals surface area contributed by atoms with Gasteiger partial charge < -0.3 is 11.1 Å². The van der Waals surface area contributed by atoms with Crippen LogP contribution in [0, 0.1) is 0 Å². The molecule has 0 unspecified atom stereocenters. The van der Waals surface area contributed by atoms with Gasteiger partial charge in [-0.05, 0) is 19.3 Å². The Balaban J connectivity index is 1.73. The molecule has 4 N–H and O–H groups in total. The number of Topliss-reactive ketones (excluding diaryl/α,β-unsaturated/α-hetero) is 1. The lowest BCUT2D eigenvalue weighted by Gasteiger charge is -2.10. The molecule has 11 heteroatoms. The standard InChI is InChI=1S/C14H18N6O3S2/c1-2-5-16-12-18-19-14(25-12)24-6-8(21)9-10(15)20(7-3-4-7)13(23)17-11(9)22/h7H,2-6,15H2,1H3,(H,16,18)(H,17,22,23). The fraction of sp³-hybridized carbons (Fsp3) is 0.500. The van der Waals surface area contributed by atoms with E-state index in [1.165, 1.54) is 27.7 Å². The topological polar surface area (TPSA) is 136 Å². The van der Waals surface area contributed by atoms with Gasteiger partial charge in [-0.2, -0.15) is 0 Å². The van der Waals surface area contributed by atoms with Gasteiger partial charge in [0.15, 0.2) is 10.1 Å². The summed E-state index contributed by atoms with van der Waals surface area (Å²) < 4.78 is 1.93. The SMILES string of the molecule is CCCNc1nnc(SCC(=O)c2c(N)n(C3CC3)c(=O)[nH]c2=O)s1. The molecule has 2 heterocycles. The number of carbonyl (C=O) groups excluding carboxylic acids is 1. The van der Waals surface area contributed by atoms with Gasteiger partial charge in [-0.3, -0.25) is 19.1 Å². The second kappa shape index (κ2) is 7.40. The summed E-state index contributed by atoms with van der Waals surface area (Å²) in [7, 11) is 0. The average Bonchev–Trinajstić information content (AvgIpc) is 3.28. The molecule has 0 bridgehead atoms. The molecule has 3 rings (SSSR count). The van der Waals surface area contributed by atoms with E-state index in [1.54, 1.807) is 0 Å². The molecule has 0 amide bonds. The summed E-state index contributed by atoms with van der Waals surface area (Å²) in [6.07, 6.45) is 2.60. The number of aromatic nitrogens is 4. The van der Waals surface area contributed by atoms with Crippen molar-refractivity contribution < 1.29 is 4.79 Å². The molecule has 9 nitrogen and oxygen atoms in total. The number of rotatable bonds is 8. The number of hydrogen-bond acceptors (Lipinski definition) is 9. The zero-order valence-electron chi connectivity index (χ0n) is 13.6. The third-order valence-corrected chi connectivity index (χ3v) is 5.65. The third kappa shape index (κ3) is 3.93. The van der Waals surface area contributed by atoms with Crippen molar-refractivity contribution in [2.75, 3.05) is 23.3 Å². The first kappa shape index (κ1) is 17.7. The van der Waals surface area contributed by atoms with E-state index in [2.05, 4.69) is 20.5 Å². The first-order chi connectivity index (χ1) is 12.0.